The Kier molecular flexibility index (Phi) is 6.73. The minimum absolute atomic E-state index is 0.121. The van der Waals surface area contributed by atoms with Gasteiger partial charge in [0.25, 0.3) is 0 Å². The second-order valence-electron chi connectivity index (χ2n) is 5.70. The highest BCUT2D eigenvalue weighted by Gasteiger charge is 2.09. The number of carbonyl (C=O) groups excluding carboxylic acids is 1. The van der Waals surface area contributed by atoms with E-state index in [9.17, 15) is 9.90 Å². The largest absolute Gasteiger partial charge is 0.503 e. The number of rotatable bonds is 7. The van der Waals surface area contributed by atoms with Crippen LogP contribution >= 0.6 is 23.4 Å². The van der Waals surface area contributed by atoms with E-state index in [0.717, 1.165) is 15.8 Å². The number of phenolic OH excluding ortho intramolecular Hbond substituents is 1. The molecule has 0 fully saturated rings. The zero-order valence-corrected chi connectivity index (χ0v) is 16.6. The van der Waals surface area contributed by atoms with E-state index >= 15 is 0 Å². The summed E-state index contributed by atoms with van der Waals surface area (Å²) < 4.78 is 5.32. The number of hydrogen-bond donors (Lipinski definition) is 2. The van der Waals surface area contributed by atoms with Crippen molar-refractivity contribution in [1.29, 1.82) is 0 Å². The summed E-state index contributed by atoms with van der Waals surface area (Å²) in [4.78, 5) is 17.4. The number of carbonyl (C=O) groups is 1. The van der Waals surface area contributed by atoms with Gasteiger partial charge in [0.15, 0.2) is 11.5 Å². The molecule has 144 valence electrons. The molecule has 0 spiro atoms. The van der Waals surface area contributed by atoms with Crippen LogP contribution in [0.1, 0.15) is 12.5 Å². The number of pyridine rings is 1. The van der Waals surface area contributed by atoms with Crippen molar-refractivity contribution >= 4 is 46.4 Å². The quantitative estimate of drug-likeness (QED) is 0.342. The highest BCUT2D eigenvalue weighted by molar-refractivity contribution is 8.00. The maximum atomic E-state index is 12.1. The molecule has 3 rings (SSSR count). The number of fused-ring (bicyclic) bond motifs is 1. The summed E-state index contributed by atoms with van der Waals surface area (Å²) in [7, 11) is 0. The number of halogens is 1. The van der Waals surface area contributed by atoms with Crippen LogP contribution in [-0.4, -0.2) is 34.6 Å². The third kappa shape index (κ3) is 4.94. The molecule has 0 atom stereocenters. The molecule has 0 saturated carbocycles. The molecular formula is C20H18ClN3O3S. The van der Waals surface area contributed by atoms with Crippen molar-refractivity contribution in [2.45, 2.75) is 11.8 Å². The summed E-state index contributed by atoms with van der Waals surface area (Å²) in [5, 5.41) is 15.0. The van der Waals surface area contributed by atoms with Crippen LogP contribution < -0.4 is 10.2 Å². The molecule has 0 radical (unpaired) electrons. The van der Waals surface area contributed by atoms with Gasteiger partial charge in [0.1, 0.15) is 0 Å². The van der Waals surface area contributed by atoms with Gasteiger partial charge in [-0.25, -0.2) is 5.43 Å². The maximum absolute atomic E-state index is 12.1. The molecule has 0 aliphatic rings. The number of phenols is 1. The van der Waals surface area contributed by atoms with Gasteiger partial charge in [-0.3, -0.25) is 9.78 Å². The van der Waals surface area contributed by atoms with E-state index in [2.05, 4.69) is 15.5 Å². The molecule has 28 heavy (non-hydrogen) atoms. The summed E-state index contributed by atoms with van der Waals surface area (Å²) in [6.45, 7) is 2.19. The van der Waals surface area contributed by atoms with E-state index in [4.69, 9.17) is 16.3 Å². The molecule has 0 unspecified atom stereocenters. The summed E-state index contributed by atoms with van der Waals surface area (Å²) in [5.74, 6) is 0.101. The highest BCUT2D eigenvalue weighted by atomic mass is 35.5. The van der Waals surface area contributed by atoms with Crippen LogP contribution in [0, 0.1) is 0 Å². The molecule has 0 aliphatic carbocycles. The molecule has 1 aromatic heterocycles. The minimum Gasteiger partial charge on any atom is -0.503 e. The second kappa shape index (κ2) is 9.43. The van der Waals surface area contributed by atoms with Gasteiger partial charge < -0.3 is 9.84 Å². The zero-order valence-electron chi connectivity index (χ0n) is 15.1. The second-order valence-corrected chi connectivity index (χ2v) is 7.12. The van der Waals surface area contributed by atoms with Gasteiger partial charge in [-0.05, 0) is 36.8 Å². The van der Waals surface area contributed by atoms with Gasteiger partial charge >= 0.3 is 0 Å². The van der Waals surface area contributed by atoms with Crippen LogP contribution in [0.4, 0.5) is 0 Å². The molecule has 2 aromatic carbocycles. The van der Waals surface area contributed by atoms with E-state index < -0.39 is 0 Å². The predicted octanol–water partition coefficient (Wildman–Crippen LogP) is 4.23. The number of hydrazone groups is 1. The van der Waals surface area contributed by atoms with Crippen LogP contribution in [0.2, 0.25) is 5.02 Å². The minimum atomic E-state index is -0.246. The molecule has 3 aromatic rings. The number of amides is 1. The summed E-state index contributed by atoms with van der Waals surface area (Å²) >= 11 is 7.37. The highest BCUT2D eigenvalue weighted by Crippen LogP contribution is 2.34. The Hall–Kier alpha value is -2.77. The summed E-state index contributed by atoms with van der Waals surface area (Å²) in [5.41, 5.74) is 3.94. The van der Waals surface area contributed by atoms with Crippen LogP contribution in [0.3, 0.4) is 0 Å². The van der Waals surface area contributed by atoms with E-state index in [-0.39, 0.29) is 28.2 Å². The Bertz CT molecular complexity index is 1020. The number of thioether (sulfide) groups is 1. The van der Waals surface area contributed by atoms with Gasteiger partial charge in [0.05, 0.1) is 29.1 Å². The number of ether oxygens (including phenoxy) is 1. The van der Waals surface area contributed by atoms with Crippen molar-refractivity contribution in [2.75, 3.05) is 12.4 Å². The van der Waals surface area contributed by atoms with Crippen molar-refractivity contribution in [1.82, 2.24) is 10.4 Å². The van der Waals surface area contributed by atoms with Crippen molar-refractivity contribution < 1.29 is 14.6 Å². The van der Waals surface area contributed by atoms with E-state index in [1.165, 1.54) is 24.0 Å². The van der Waals surface area contributed by atoms with Gasteiger partial charge in [-0.2, -0.15) is 5.10 Å². The van der Waals surface area contributed by atoms with E-state index in [1.54, 1.807) is 19.2 Å². The Labute approximate surface area is 171 Å². The number of para-hydroxylation sites is 1. The lowest BCUT2D eigenvalue weighted by atomic mass is 10.2. The summed E-state index contributed by atoms with van der Waals surface area (Å²) in [6.07, 6.45) is 3.17. The predicted molar refractivity (Wildman–Crippen MR) is 112 cm³/mol. The Balaban J connectivity index is 1.60. The fraction of sp³-hybridized carbons (Fsp3) is 0.150. The SMILES string of the molecule is CCOc1cc(/C=N/NC(=O)CSc2cccc3cccnc23)cc(Cl)c1O. The third-order valence-electron chi connectivity index (χ3n) is 3.71. The van der Waals surface area contributed by atoms with Crippen LogP contribution in [-0.2, 0) is 4.79 Å². The van der Waals surface area contributed by atoms with Gasteiger partial charge in [0.2, 0.25) is 5.91 Å². The molecule has 8 heteroatoms. The van der Waals surface area contributed by atoms with Crippen molar-refractivity contribution in [3.8, 4) is 11.5 Å². The average Bonchev–Trinajstić information content (AvgIpc) is 2.70. The number of aromatic nitrogens is 1. The molecule has 1 amide bonds. The lowest BCUT2D eigenvalue weighted by Crippen LogP contribution is -2.19. The molecule has 1 heterocycles. The summed E-state index contributed by atoms with van der Waals surface area (Å²) in [6, 6.07) is 12.8. The lowest BCUT2D eigenvalue weighted by molar-refractivity contribution is -0.118. The van der Waals surface area contributed by atoms with Crippen LogP contribution in [0.5, 0.6) is 11.5 Å². The van der Waals surface area contributed by atoms with Gasteiger partial charge in [0, 0.05) is 16.5 Å². The molecule has 0 bridgehead atoms. The third-order valence-corrected chi connectivity index (χ3v) is 5.04. The van der Waals surface area contributed by atoms with E-state index in [1.807, 2.05) is 30.3 Å². The van der Waals surface area contributed by atoms with Crippen molar-refractivity contribution in [3.63, 3.8) is 0 Å². The van der Waals surface area contributed by atoms with Crippen LogP contribution in [0.25, 0.3) is 10.9 Å². The Morgan fingerprint density at radius 2 is 2.18 bits per heavy atom. The number of aromatic hydroxyl groups is 1. The number of benzene rings is 2. The molecule has 0 aliphatic heterocycles. The lowest BCUT2D eigenvalue weighted by Gasteiger charge is -2.08. The average molecular weight is 416 g/mol. The van der Waals surface area contributed by atoms with Crippen LogP contribution in [0.15, 0.2) is 58.7 Å². The zero-order chi connectivity index (χ0) is 19.9. The smallest absolute Gasteiger partial charge is 0.250 e. The van der Waals surface area contributed by atoms with E-state index in [0.29, 0.717) is 12.2 Å². The first kappa shape index (κ1) is 20.0. The van der Waals surface area contributed by atoms with Gasteiger partial charge in [-0.15, -0.1) is 11.8 Å². The molecule has 6 nitrogen and oxygen atoms in total. The fourth-order valence-electron chi connectivity index (χ4n) is 2.48. The topological polar surface area (TPSA) is 83.8 Å². The van der Waals surface area contributed by atoms with Crippen molar-refractivity contribution in [3.05, 3.63) is 59.2 Å². The Morgan fingerprint density at radius 3 is 3.00 bits per heavy atom. The first-order valence-electron chi connectivity index (χ1n) is 8.52. The van der Waals surface area contributed by atoms with Gasteiger partial charge in [-0.1, -0.05) is 29.8 Å². The fourth-order valence-corrected chi connectivity index (χ4v) is 3.53. The molecule has 0 saturated heterocycles. The first-order chi connectivity index (χ1) is 13.6. The first-order valence-corrected chi connectivity index (χ1v) is 9.88. The normalized spacial score (nSPS) is 11.1. The monoisotopic (exact) mass is 415 g/mol. The molecular weight excluding hydrogens is 398 g/mol. The standard InChI is InChI=1S/C20H18ClN3O3S/c1-2-27-16-10-13(9-15(21)20(16)26)11-23-24-18(25)12-28-17-7-3-5-14-6-4-8-22-19(14)17/h3-11,26H,2,12H2,1H3,(H,24,25)/b23-11+. The number of nitrogens with zero attached hydrogens (tertiary/aromatic N) is 2. The van der Waals surface area contributed by atoms with Crippen molar-refractivity contribution in [2.24, 2.45) is 5.10 Å². The maximum Gasteiger partial charge on any atom is 0.250 e. The molecule has 2 N–H and O–H groups in total. The Morgan fingerprint density at radius 1 is 1.36 bits per heavy atom. The number of hydrogen-bond acceptors (Lipinski definition) is 6. The number of nitrogens with one attached hydrogen (secondary N) is 1.